The van der Waals surface area contributed by atoms with Crippen LogP contribution in [0.2, 0.25) is 0 Å². The molecule has 0 spiro atoms. The zero-order chi connectivity index (χ0) is 19.1. The van der Waals surface area contributed by atoms with Gasteiger partial charge in [-0.15, -0.1) is 0 Å². The SMILES string of the molecule is COc1ccc(C)cc1CN1CCN(C(=S)NCCc2ccccc2)CC1. The van der Waals surface area contributed by atoms with Gasteiger partial charge >= 0.3 is 0 Å². The minimum atomic E-state index is 0.874. The van der Waals surface area contributed by atoms with Crippen LogP contribution in [0.15, 0.2) is 48.5 Å². The number of piperazine rings is 1. The van der Waals surface area contributed by atoms with Crippen LogP contribution in [0.4, 0.5) is 0 Å². The lowest BCUT2D eigenvalue weighted by atomic mass is 10.1. The molecule has 0 aromatic heterocycles. The van der Waals surface area contributed by atoms with Gasteiger partial charge in [0.25, 0.3) is 0 Å². The maximum absolute atomic E-state index is 5.59. The first kappa shape index (κ1) is 19.6. The summed E-state index contributed by atoms with van der Waals surface area (Å²) in [6, 6.07) is 16.9. The van der Waals surface area contributed by atoms with Crippen LogP contribution in [0.3, 0.4) is 0 Å². The van der Waals surface area contributed by atoms with E-state index >= 15 is 0 Å². The number of rotatable bonds is 6. The van der Waals surface area contributed by atoms with Gasteiger partial charge < -0.3 is 15.0 Å². The molecule has 0 unspecified atom stereocenters. The number of thiocarbonyl (C=S) groups is 1. The van der Waals surface area contributed by atoms with Gasteiger partial charge in [-0.05, 0) is 37.2 Å². The largest absolute Gasteiger partial charge is 0.496 e. The van der Waals surface area contributed by atoms with E-state index in [-0.39, 0.29) is 0 Å². The van der Waals surface area contributed by atoms with Crippen LogP contribution in [0.1, 0.15) is 16.7 Å². The molecule has 1 fully saturated rings. The summed E-state index contributed by atoms with van der Waals surface area (Å²) in [5.74, 6) is 0.973. The lowest BCUT2D eigenvalue weighted by Gasteiger charge is -2.36. The highest BCUT2D eigenvalue weighted by molar-refractivity contribution is 7.80. The van der Waals surface area contributed by atoms with E-state index in [2.05, 4.69) is 64.5 Å². The third kappa shape index (κ3) is 5.68. The van der Waals surface area contributed by atoms with E-state index in [9.17, 15) is 0 Å². The molecule has 1 aliphatic rings. The van der Waals surface area contributed by atoms with Crippen molar-refractivity contribution < 1.29 is 4.74 Å². The first-order valence-electron chi connectivity index (χ1n) is 9.58. The highest BCUT2D eigenvalue weighted by Crippen LogP contribution is 2.22. The maximum Gasteiger partial charge on any atom is 0.169 e. The van der Waals surface area contributed by atoms with Gasteiger partial charge in [-0.1, -0.05) is 48.0 Å². The van der Waals surface area contributed by atoms with Gasteiger partial charge in [0.1, 0.15) is 5.75 Å². The Morgan fingerprint density at radius 3 is 2.52 bits per heavy atom. The van der Waals surface area contributed by atoms with Crippen molar-refractivity contribution in [2.24, 2.45) is 0 Å². The number of aryl methyl sites for hydroxylation is 1. The van der Waals surface area contributed by atoms with E-state index in [0.29, 0.717) is 0 Å². The molecule has 27 heavy (non-hydrogen) atoms. The number of nitrogens with one attached hydrogen (secondary N) is 1. The van der Waals surface area contributed by atoms with Gasteiger partial charge in [0, 0.05) is 44.8 Å². The fourth-order valence-electron chi connectivity index (χ4n) is 3.45. The lowest BCUT2D eigenvalue weighted by molar-refractivity contribution is 0.173. The molecule has 0 aliphatic carbocycles. The summed E-state index contributed by atoms with van der Waals surface area (Å²) >= 11 is 5.59. The van der Waals surface area contributed by atoms with Gasteiger partial charge in [0.05, 0.1) is 7.11 Å². The number of nitrogens with zero attached hydrogens (tertiary/aromatic N) is 2. The monoisotopic (exact) mass is 383 g/mol. The van der Waals surface area contributed by atoms with Crippen molar-refractivity contribution in [1.82, 2.24) is 15.1 Å². The predicted molar refractivity (Wildman–Crippen MR) is 115 cm³/mol. The van der Waals surface area contributed by atoms with Gasteiger partial charge in [-0.3, -0.25) is 4.90 Å². The summed E-state index contributed by atoms with van der Waals surface area (Å²) in [5.41, 5.74) is 3.87. The Labute approximate surface area is 168 Å². The minimum Gasteiger partial charge on any atom is -0.496 e. The first-order chi connectivity index (χ1) is 13.2. The quantitative estimate of drug-likeness (QED) is 0.773. The summed E-state index contributed by atoms with van der Waals surface area (Å²) in [5, 5.41) is 4.28. The van der Waals surface area contributed by atoms with Crippen molar-refractivity contribution in [3.63, 3.8) is 0 Å². The molecule has 0 saturated carbocycles. The number of methoxy groups -OCH3 is 1. The van der Waals surface area contributed by atoms with Crippen LogP contribution < -0.4 is 10.1 Å². The molecule has 5 heteroatoms. The number of hydrogen-bond acceptors (Lipinski definition) is 3. The summed E-state index contributed by atoms with van der Waals surface area (Å²) in [6.45, 7) is 7.88. The molecule has 1 heterocycles. The van der Waals surface area contributed by atoms with Crippen molar-refractivity contribution in [3.05, 3.63) is 65.2 Å². The standard InChI is InChI=1S/C22H29N3OS/c1-18-8-9-21(26-2)20(16-18)17-24-12-14-25(15-13-24)22(27)23-11-10-19-6-4-3-5-7-19/h3-9,16H,10-15,17H2,1-2H3,(H,23,27). The number of benzene rings is 2. The third-order valence-electron chi connectivity index (χ3n) is 5.02. The van der Waals surface area contributed by atoms with Gasteiger partial charge in [0.15, 0.2) is 5.11 Å². The molecule has 1 aliphatic heterocycles. The van der Waals surface area contributed by atoms with E-state index in [0.717, 1.165) is 56.6 Å². The molecular weight excluding hydrogens is 354 g/mol. The molecular formula is C22H29N3OS. The van der Waals surface area contributed by atoms with Crippen LogP contribution >= 0.6 is 12.2 Å². The first-order valence-corrected chi connectivity index (χ1v) is 9.99. The molecule has 0 atom stereocenters. The van der Waals surface area contributed by atoms with Crippen molar-refractivity contribution >= 4 is 17.3 Å². The molecule has 144 valence electrons. The van der Waals surface area contributed by atoms with Crippen LogP contribution in [0, 0.1) is 6.92 Å². The van der Waals surface area contributed by atoms with Crippen LogP contribution in [-0.2, 0) is 13.0 Å². The van der Waals surface area contributed by atoms with Crippen LogP contribution in [0.5, 0.6) is 5.75 Å². The molecule has 1 N–H and O–H groups in total. The second kappa shape index (κ2) is 9.72. The van der Waals surface area contributed by atoms with Crippen LogP contribution in [0.25, 0.3) is 0 Å². The molecule has 1 saturated heterocycles. The number of hydrogen-bond donors (Lipinski definition) is 1. The Morgan fingerprint density at radius 1 is 1.07 bits per heavy atom. The highest BCUT2D eigenvalue weighted by atomic mass is 32.1. The van der Waals surface area contributed by atoms with Crippen LogP contribution in [-0.4, -0.2) is 54.7 Å². The minimum absolute atomic E-state index is 0.874. The van der Waals surface area contributed by atoms with Crippen molar-refractivity contribution in [1.29, 1.82) is 0 Å². The lowest BCUT2D eigenvalue weighted by Crippen LogP contribution is -2.51. The highest BCUT2D eigenvalue weighted by Gasteiger charge is 2.19. The zero-order valence-corrected chi connectivity index (χ0v) is 17.1. The van der Waals surface area contributed by atoms with Crippen molar-refractivity contribution in [2.75, 3.05) is 39.8 Å². The average Bonchev–Trinajstić information content (AvgIpc) is 2.69. The summed E-state index contributed by atoms with van der Waals surface area (Å²) in [7, 11) is 1.74. The Morgan fingerprint density at radius 2 is 1.81 bits per heavy atom. The molecule has 4 nitrogen and oxygen atoms in total. The predicted octanol–water partition coefficient (Wildman–Crippen LogP) is 3.24. The summed E-state index contributed by atoms with van der Waals surface area (Å²) in [6.07, 6.45) is 0.994. The second-order valence-corrected chi connectivity index (χ2v) is 7.43. The second-order valence-electron chi connectivity index (χ2n) is 7.05. The van der Waals surface area contributed by atoms with E-state index in [1.54, 1.807) is 7.11 Å². The molecule has 3 rings (SSSR count). The molecule has 0 amide bonds. The van der Waals surface area contributed by atoms with E-state index in [4.69, 9.17) is 17.0 Å². The smallest absolute Gasteiger partial charge is 0.169 e. The normalized spacial score (nSPS) is 14.8. The Hall–Kier alpha value is -2.11. The van der Waals surface area contributed by atoms with E-state index < -0.39 is 0 Å². The average molecular weight is 384 g/mol. The fourth-order valence-corrected chi connectivity index (χ4v) is 3.74. The van der Waals surface area contributed by atoms with Crippen molar-refractivity contribution in [3.8, 4) is 5.75 Å². The fraction of sp³-hybridized carbons (Fsp3) is 0.409. The third-order valence-corrected chi connectivity index (χ3v) is 5.42. The van der Waals surface area contributed by atoms with Crippen molar-refractivity contribution in [2.45, 2.75) is 19.9 Å². The van der Waals surface area contributed by atoms with Gasteiger partial charge in [0.2, 0.25) is 0 Å². The Bertz CT molecular complexity index is 742. The maximum atomic E-state index is 5.59. The Balaban J connectivity index is 1.43. The molecule has 0 bridgehead atoms. The zero-order valence-electron chi connectivity index (χ0n) is 16.3. The summed E-state index contributed by atoms with van der Waals surface area (Å²) in [4.78, 5) is 4.75. The van der Waals surface area contributed by atoms with E-state index in [1.807, 2.05) is 6.07 Å². The topological polar surface area (TPSA) is 27.7 Å². The molecule has 2 aromatic rings. The molecule has 2 aromatic carbocycles. The molecule has 0 radical (unpaired) electrons. The Kier molecular flexibility index (Phi) is 7.07. The summed E-state index contributed by atoms with van der Waals surface area (Å²) < 4.78 is 5.51. The number of ether oxygens (including phenoxy) is 1. The van der Waals surface area contributed by atoms with Gasteiger partial charge in [-0.2, -0.15) is 0 Å². The van der Waals surface area contributed by atoms with Gasteiger partial charge in [-0.25, -0.2) is 0 Å². The van der Waals surface area contributed by atoms with E-state index in [1.165, 1.54) is 16.7 Å².